The van der Waals surface area contributed by atoms with E-state index in [2.05, 4.69) is 39.0 Å². The van der Waals surface area contributed by atoms with Crippen LogP contribution in [0.4, 0.5) is 0 Å². The molecule has 0 N–H and O–H groups in total. The molecule has 4 rings (SSSR count). The van der Waals surface area contributed by atoms with Gasteiger partial charge in [-0.2, -0.15) is 0 Å². The van der Waals surface area contributed by atoms with E-state index in [0.717, 1.165) is 22.5 Å². The number of hydrogen-bond donors (Lipinski definition) is 0. The zero-order valence-electron chi connectivity index (χ0n) is 9.56. The molecule has 0 saturated carbocycles. The van der Waals surface area contributed by atoms with Gasteiger partial charge >= 0.3 is 0 Å². The molecular weight excluding hydrogens is 224 g/mol. The van der Waals surface area contributed by atoms with Gasteiger partial charge in [-0.25, -0.2) is 0 Å². The minimum atomic E-state index is 0.836. The first-order valence-corrected chi connectivity index (χ1v) is 5.80. The summed E-state index contributed by atoms with van der Waals surface area (Å²) in [5, 5.41) is 8.20. The van der Waals surface area contributed by atoms with Crippen LogP contribution in [0.3, 0.4) is 0 Å². The van der Waals surface area contributed by atoms with Gasteiger partial charge in [0, 0.05) is 5.69 Å². The fourth-order valence-corrected chi connectivity index (χ4v) is 2.35. The largest absolute Gasteiger partial charge is 0.277 e. The summed E-state index contributed by atoms with van der Waals surface area (Å²) in [5.41, 5.74) is 3.34. The summed E-state index contributed by atoms with van der Waals surface area (Å²) in [6.07, 6.45) is 1.75. The summed E-state index contributed by atoms with van der Waals surface area (Å²) in [6.45, 7) is 0. The van der Waals surface area contributed by atoms with Crippen LogP contribution in [0.15, 0.2) is 60.9 Å². The zero-order chi connectivity index (χ0) is 11.9. The Morgan fingerprint density at radius 2 is 1.50 bits per heavy atom. The van der Waals surface area contributed by atoms with Crippen LogP contribution >= 0.6 is 0 Å². The van der Waals surface area contributed by atoms with Crippen molar-refractivity contribution in [3.05, 3.63) is 60.9 Å². The Balaban J connectivity index is 2.22. The fourth-order valence-electron chi connectivity index (χ4n) is 2.35. The van der Waals surface area contributed by atoms with Crippen LogP contribution in [0.1, 0.15) is 0 Å². The molecule has 0 aliphatic rings. The van der Waals surface area contributed by atoms with Gasteiger partial charge in [0.05, 0.1) is 11.0 Å². The van der Waals surface area contributed by atoms with Crippen LogP contribution in [0, 0.1) is 0 Å². The number of hydrogen-bond acceptors (Lipinski definition) is 2. The number of rotatable bonds is 1. The van der Waals surface area contributed by atoms with Crippen LogP contribution in [0.5, 0.6) is 0 Å². The highest BCUT2D eigenvalue weighted by atomic mass is 15.3. The number of nitrogens with zero attached hydrogens (tertiary/aromatic N) is 4. The highest BCUT2D eigenvalue weighted by Crippen LogP contribution is 2.23. The van der Waals surface area contributed by atoms with E-state index in [4.69, 9.17) is 0 Å². The van der Waals surface area contributed by atoms with Crippen molar-refractivity contribution < 1.29 is 0 Å². The van der Waals surface area contributed by atoms with Gasteiger partial charge in [0.25, 0.3) is 0 Å². The summed E-state index contributed by atoms with van der Waals surface area (Å²) in [6, 6.07) is 18.4. The van der Waals surface area contributed by atoms with E-state index < -0.39 is 0 Å². The van der Waals surface area contributed by atoms with E-state index in [-0.39, 0.29) is 0 Å². The second-order valence-corrected chi connectivity index (χ2v) is 4.16. The fraction of sp³-hybridized carbons (Fsp3) is 0. The number of imidazole rings is 1. The van der Waals surface area contributed by atoms with Gasteiger partial charge in [-0.1, -0.05) is 30.3 Å². The molecule has 0 amide bonds. The summed E-state index contributed by atoms with van der Waals surface area (Å²) < 4.78 is 4.12. The van der Waals surface area contributed by atoms with Crippen molar-refractivity contribution in [1.29, 1.82) is 0 Å². The predicted octanol–water partition coefficient (Wildman–Crippen LogP) is 2.67. The number of fused-ring (bicyclic) bond motifs is 3. The quantitative estimate of drug-likeness (QED) is 0.507. The third-order valence-electron chi connectivity index (χ3n) is 3.13. The van der Waals surface area contributed by atoms with Gasteiger partial charge in [0.15, 0.2) is 0 Å². The van der Waals surface area contributed by atoms with Gasteiger partial charge < -0.3 is 0 Å². The second kappa shape index (κ2) is 3.43. The maximum atomic E-state index is 4.21. The zero-order valence-corrected chi connectivity index (χ0v) is 9.56. The molecule has 0 unspecified atom stereocenters. The first kappa shape index (κ1) is 9.41. The van der Waals surface area contributed by atoms with E-state index >= 15 is 0 Å². The number of para-hydroxylation sites is 3. The van der Waals surface area contributed by atoms with E-state index in [1.54, 1.807) is 6.33 Å². The Bertz CT molecular complexity index is 827. The average Bonchev–Trinajstić information content (AvgIpc) is 2.99. The molecular formula is C14H10N4. The van der Waals surface area contributed by atoms with Crippen molar-refractivity contribution in [3.8, 4) is 5.69 Å². The van der Waals surface area contributed by atoms with E-state index in [1.165, 1.54) is 0 Å². The van der Waals surface area contributed by atoms with E-state index in [1.807, 2.05) is 34.7 Å². The lowest BCUT2D eigenvalue weighted by Gasteiger charge is -2.03. The number of aromatic nitrogens is 4. The highest BCUT2D eigenvalue weighted by molar-refractivity contribution is 5.83. The smallest absolute Gasteiger partial charge is 0.240 e. The molecule has 2 heterocycles. The summed E-state index contributed by atoms with van der Waals surface area (Å²) in [7, 11) is 0. The Labute approximate surface area is 103 Å². The lowest BCUT2D eigenvalue weighted by atomic mass is 10.3. The van der Waals surface area contributed by atoms with Crippen molar-refractivity contribution in [3.63, 3.8) is 0 Å². The molecule has 0 fully saturated rings. The third-order valence-corrected chi connectivity index (χ3v) is 3.13. The Hall–Kier alpha value is -2.62. The first-order valence-electron chi connectivity index (χ1n) is 5.80. The van der Waals surface area contributed by atoms with Crippen LogP contribution in [0.2, 0.25) is 0 Å². The second-order valence-electron chi connectivity index (χ2n) is 4.16. The van der Waals surface area contributed by atoms with E-state index in [0.29, 0.717) is 0 Å². The summed E-state index contributed by atoms with van der Waals surface area (Å²) in [5.74, 6) is 0.836. The normalized spacial score (nSPS) is 11.3. The lowest BCUT2D eigenvalue weighted by Crippen LogP contribution is -1.94. The molecule has 86 valence electrons. The van der Waals surface area contributed by atoms with Gasteiger partial charge in [0.1, 0.15) is 6.33 Å². The Kier molecular flexibility index (Phi) is 1.80. The number of benzene rings is 2. The molecule has 2 aromatic carbocycles. The molecule has 2 aromatic heterocycles. The topological polar surface area (TPSA) is 35.1 Å². The molecule has 0 aliphatic heterocycles. The van der Waals surface area contributed by atoms with Crippen LogP contribution in [-0.2, 0) is 0 Å². The van der Waals surface area contributed by atoms with Crippen molar-refractivity contribution in [2.75, 3.05) is 0 Å². The maximum Gasteiger partial charge on any atom is 0.240 e. The molecule has 4 aromatic rings. The van der Waals surface area contributed by atoms with Crippen molar-refractivity contribution in [1.82, 2.24) is 19.2 Å². The minimum Gasteiger partial charge on any atom is -0.277 e. The molecule has 0 saturated heterocycles. The van der Waals surface area contributed by atoms with Crippen molar-refractivity contribution in [2.45, 2.75) is 0 Å². The van der Waals surface area contributed by atoms with Gasteiger partial charge in [0.2, 0.25) is 5.78 Å². The minimum absolute atomic E-state index is 0.836. The highest BCUT2D eigenvalue weighted by Gasteiger charge is 2.12. The standard InChI is InChI=1S/C14H10N4/c1-2-6-11(7-3-1)18-13-9-5-4-8-12(13)17-10-15-16-14(17)18/h1-10H. The average molecular weight is 234 g/mol. The van der Waals surface area contributed by atoms with Crippen LogP contribution in [-0.4, -0.2) is 19.2 Å². The molecule has 4 heteroatoms. The lowest BCUT2D eigenvalue weighted by molar-refractivity contribution is 1.05. The summed E-state index contributed by atoms with van der Waals surface area (Å²) >= 11 is 0. The maximum absolute atomic E-state index is 4.21. The Morgan fingerprint density at radius 3 is 2.33 bits per heavy atom. The van der Waals surface area contributed by atoms with E-state index in [9.17, 15) is 0 Å². The molecule has 0 radical (unpaired) electrons. The molecule has 18 heavy (non-hydrogen) atoms. The van der Waals surface area contributed by atoms with Crippen molar-refractivity contribution >= 4 is 16.8 Å². The molecule has 0 bridgehead atoms. The summed E-state index contributed by atoms with van der Waals surface area (Å²) in [4.78, 5) is 0. The SMILES string of the molecule is c1ccc(-n2c3ccccc3n3cnnc23)cc1. The van der Waals surface area contributed by atoms with Crippen LogP contribution < -0.4 is 0 Å². The molecule has 0 spiro atoms. The van der Waals surface area contributed by atoms with Gasteiger partial charge in [-0.15, -0.1) is 10.2 Å². The van der Waals surface area contributed by atoms with Gasteiger partial charge in [-0.05, 0) is 24.3 Å². The molecule has 4 nitrogen and oxygen atoms in total. The first-order chi connectivity index (χ1) is 8.95. The Morgan fingerprint density at radius 1 is 0.778 bits per heavy atom. The van der Waals surface area contributed by atoms with Gasteiger partial charge in [-0.3, -0.25) is 8.97 Å². The van der Waals surface area contributed by atoms with Crippen LogP contribution in [0.25, 0.3) is 22.5 Å². The predicted molar refractivity (Wildman–Crippen MR) is 69.8 cm³/mol. The third kappa shape index (κ3) is 1.14. The molecule has 0 atom stereocenters. The van der Waals surface area contributed by atoms with Crippen molar-refractivity contribution in [2.24, 2.45) is 0 Å². The molecule has 0 aliphatic carbocycles. The monoisotopic (exact) mass is 234 g/mol.